The number of halogens is 3. The third kappa shape index (κ3) is 6.10. The molecular formula is C15H23Cl2IN4. The molecule has 1 fully saturated rings. The Morgan fingerprint density at radius 2 is 2.14 bits per heavy atom. The fourth-order valence-electron chi connectivity index (χ4n) is 2.50. The van der Waals surface area contributed by atoms with E-state index in [0.29, 0.717) is 22.5 Å². The van der Waals surface area contributed by atoms with Gasteiger partial charge in [0.05, 0.1) is 0 Å². The average molecular weight is 457 g/mol. The van der Waals surface area contributed by atoms with Gasteiger partial charge in [0.1, 0.15) is 0 Å². The Kier molecular flexibility index (Phi) is 8.82. The smallest absolute Gasteiger partial charge is 0.191 e. The molecule has 2 N–H and O–H groups in total. The lowest BCUT2D eigenvalue weighted by atomic mass is 10.1. The van der Waals surface area contributed by atoms with Crippen LogP contribution in [0.15, 0.2) is 23.2 Å². The van der Waals surface area contributed by atoms with Gasteiger partial charge in [-0.1, -0.05) is 29.3 Å². The molecule has 1 atom stereocenters. The van der Waals surface area contributed by atoms with Crippen molar-refractivity contribution >= 4 is 53.1 Å². The van der Waals surface area contributed by atoms with E-state index in [1.807, 2.05) is 12.1 Å². The van der Waals surface area contributed by atoms with Crippen LogP contribution in [-0.2, 0) is 6.54 Å². The zero-order valence-electron chi connectivity index (χ0n) is 12.9. The fraction of sp³-hybridized carbons (Fsp3) is 0.533. The highest BCUT2D eigenvalue weighted by Gasteiger charge is 2.19. The number of guanidine groups is 1. The largest absolute Gasteiger partial charge is 0.356 e. The molecule has 2 rings (SSSR count). The van der Waals surface area contributed by atoms with Crippen LogP contribution >= 0.6 is 47.2 Å². The maximum atomic E-state index is 6.16. The van der Waals surface area contributed by atoms with Crippen molar-refractivity contribution in [3.8, 4) is 0 Å². The molecule has 1 heterocycles. The molecule has 0 spiro atoms. The maximum absolute atomic E-state index is 6.16. The van der Waals surface area contributed by atoms with Gasteiger partial charge in [-0.2, -0.15) is 0 Å². The van der Waals surface area contributed by atoms with Crippen LogP contribution in [0.25, 0.3) is 0 Å². The Labute approximate surface area is 159 Å². The third-order valence-corrected chi connectivity index (χ3v) is 4.32. The molecule has 7 heteroatoms. The second-order valence-electron chi connectivity index (χ2n) is 5.46. The molecule has 0 radical (unpaired) electrons. The highest BCUT2D eigenvalue weighted by Crippen LogP contribution is 2.20. The van der Waals surface area contributed by atoms with E-state index in [4.69, 9.17) is 23.2 Å². The molecular weight excluding hydrogens is 434 g/mol. The van der Waals surface area contributed by atoms with Gasteiger partial charge in [-0.25, -0.2) is 0 Å². The molecule has 124 valence electrons. The normalized spacial score (nSPS) is 18.9. The van der Waals surface area contributed by atoms with Gasteiger partial charge in [0.25, 0.3) is 0 Å². The standard InChI is InChI=1S/C15H22Cl2N4.HI/c1-18-15(19-8-11-5-6-21(2)10-11)20-9-12-3-4-13(16)7-14(12)17;/h3-4,7,11H,5-6,8-10H2,1-2H3,(H2,18,19,20);1H. The van der Waals surface area contributed by atoms with E-state index in [-0.39, 0.29) is 24.0 Å². The zero-order chi connectivity index (χ0) is 15.2. The molecule has 22 heavy (non-hydrogen) atoms. The topological polar surface area (TPSA) is 39.7 Å². The first-order valence-electron chi connectivity index (χ1n) is 7.15. The lowest BCUT2D eigenvalue weighted by Gasteiger charge is -2.16. The van der Waals surface area contributed by atoms with Gasteiger partial charge in [-0.3, -0.25) is 4.99 Å². The second kappa shape index (κ2) is 9.80. The van der Waals surface area contributed by atoms with Crippen molar-refractivity contribution in [2.45, 2.75) is 13.0 Å². The summed E-state index contributed by atoms with van der Waals surface area (Å²) in [7, 11) is 3.94. The highest BCUT2D eigenvalue weighted by atomic mass is 127. The number of hydrogen-bond acceptors (Lipinski definition) is 2. The third-order valence-electron chi connectivity index (χ3n) is 3.73. The molecule has 4 nitrogen and oxygen atoms in total. The predicted molar refractivity (Wildman–Crippen MR) is 106 cm³/mol. The Morgan fingerprint density at radius 1 is 1.36 bits per heavy atom. The van der Waals surface area contributed by atoms with Crippen LogP contribution < -0.4 is 10.6 Å². The summed E-state index contributed by atoms with van der Waals surface area (Å²) in [6.07, 6.45) is 1.24. The Morgan fingerprint density at radius 3 is 2.73 bits per heavy atom. The summed E-state index contributed by atoms with van der Waals surface area (Å²) in [6, 6.07) is 5.52. The summed E-state index contributed by atoms with van der Waals surface area (Å²) in [5, 5.41) is 7.97. The van der Waals surface area contributed by atoms with E-state index in [1.165, 1.54) is 13.0 Å². The predicted octanol–water partition coefficient (Wildman–Crippen LogP) is 3.23. The second-order valence-corrected chi connectivity index (χ2v) is 6.30. The molecule has 0 bridgehead atoms. The van der Waals surface area contributed by atoms with Gasteiger partial charge in [0, 0.05) is 36.7 Å². The number of hydrogen-bond donors (Lipinski definition) is 2. The van der Waals surface area contributed by atoms with E-state index in [0.717, 1.165) is 24.6 Å². The van der Waals surface area contributed by atoms with Crippen molar-refractivity contribution in [2.75, 3.05) is 33.7 Å². The van der Waals surface area contributed by atoms with Gasteiger partial charge in [-0.05, 0) is 43.6 Å². The van der Waals surface area contributed by atoms with E-state index >= 15 is 0 Å². The number of aliphatic imine (C=N–C) groups is 1. The monoisotopic (exact) mass is 456 g/mol. The van der Waals surface area contributed by atoms with Crippen molar-refractivity contribution in [3.05, 3.63) is 33.8 Å². The van der Waals surface area contributed by atoms with Crippen LogP contribution in [0.5, 0.6) is 0 Å². The molecule has 1 aromatic rings. The van der Waals surface area contributed by atoms with Crippen LogP contribution in [0, 0.1) is 5.92 Å². The average Bonchev–Trinajstić information content (AvgIpc) is 2.86. The number of likely N-dealkylation sites (tertiary alicyclic amines) is 1. The molecule has 1 saturated heterocycles. The Balaban J connectivity index is 0.00000242. The van der Waals surface area contributed by atoms with Crippen LogP contribution in [-0.4, -0.2) is 44.6 Å². The number of nitrogens with one attached hydrogen (secondary N) is 2. The van der Waals surface area contributed by atoms with Gasteiger partial charge in [0.15, 0.2) is 5.96 Å². The fourth-order valence-corrected chi connectivity index (χ4v) is 2.97. The van der Waals surface area contributed by atoms with Gasteiger partial charge >= 0.3 is 0 Å². The minimum Gasteiger partial charge on any atom is -0.356 e. The summed E-state index contributed by atoms with van der Waals surface area (Å²) in [5.41, 5.74) is 1.00. The molecule has 1 aliphatic heterocycles. The molecule has 1 aromatic carbocycles. The van der Waals surface area contributed by atoms with E-state index in [9.17, 15) is 0 Å². The number of benzene rings is 1. The van der Waals surface area contributed by atoms with Gasteiger partial charge in [0.2, 0.25) is 0 Å². The van der Waals surface area contributed by atoms with Crippen molar-refractivity contribution < 1.29 is 0 Å². The first-order chi connectivity index (χ1) is 10.1. The summed E-state index contributed by atoms with van der Waals surface area (Å²) in [6.45, 7) is 3.89. The van der Waals surface area contributed by atoms with Crippen LogP contribution in [0.2, 0.25) is 10.0 Å². The van der Waals surface area contributed by atoms with Gasteiger partial charge < -0.3 is 15.5 Å². The number of rotatable bonds is 4. The molecule has 0 aliphatic carbocycles. The summed E-state index contributed by atoms with van der Waals surface area (Å²) in [4.78, 5) is 6.60. The lowest BCUT2D eigenvalue weighted by molar-refractivity contribution is 0.394. The van der Waals surface area contributed by atoms with Gasteiger partial charge in [-0.15, -0.1) is 24.0 Å². The van der Waals surface area contributed by atoms with Crippen LogP contribution in [0.1, 0.15) is 12.0 Å². The number of nitrogens with zero attached hydrogens (tertiary/aromatic N) is 2. The molecule has 0 saturated carbocycles. The van der Waals surface area contributed by atoms with Crippen molar-refractivity contribution in [2.24, 2.45) is 10.9 Å². The summed E-state index contributed by atoms with van der Waals surface area (Å²) < 4.78 is 0. The summed E-state index contributed by atoms with van der Waals surface area (Å²) in [5.74, 6) is 1.49. The zero-order valence-corrected chi connectivity index (χ0v) is 16.7. The maximum Gasteiger partial charge on any atom is 0.191 e. The quantitative estimate of drug-likeness (QED) is 0.415. The van der Waals surface area contributed by atoms with Crippen LogP contribution in [0.3, 0.4) is 0 Å². The van der Waals surface area contributed by atoms with Crippen molar-refractivity contribution in [1.29, 1.82) is 0 Å². The SMILES string of the molecule is CN=C(NCc1ccc(Cl)cc1Cl)NCC1CCN(C)C1.I. The highest BCUT2D eigenvalue weighted by molar-refractivity contribution is 14.0. The molecule has 0 amide bonds. The Bertz CT molecular complexity index is 510. The van der Waals surface area contributed by atoms with Crippen LogP contribution in [0.4, 0.5) is 0 Å². The minimum absolute atomic E-state index is 0. The first-order valence-corrected chi connectivity index (χ1v) is 7.91. The lowest BCUT2D eigenvalue weighted by Crippen LogP contribution is -2.39. The van der Waals surface area contributed by atoms with Crippen molar-refractivity contribution in [3.63, 3.8) is 0 Å². The first kappa shape index (κ1) is 19.8. The molecule has 1 unspecified atom stereocenters. The molecule has 1 aliphatic rings. The minimum atomic E-state index is 0. The molecule has 0 aromatic heterocycles. The Hall–Kier alpha value is -0.240. The van der Waals surface area contributed by atoms with E-state index in [2.05, 4.69) is 27.6 Å². The van der Waals surface area contributed by atoms with E-state index < -0.39 is 0 Å². The summed E-state index contributed by atoms with van der Waals surface area (Å²) >= 11 is 12.1. The van der Waals surface area contributed by atoms with E-state index in [1.54, 1.807) is 13.1 Å². The van der Waals surface area contributed by atoms with Crippen molar-refractivity contribution in [1.82, 2.24) is 15.5 Å².